The second-order valence-electron chi connectivity index (χ2n) is 8.93. The standard InChI is InChI=1S/C24H25F3N4O5S/c1-2-4-18(29-22(33)15-6-8-16(9-7-15)24(25,26)27)23(34)30-12-10-19-21(30)20(32)14-31(19)37(35,36)17-5-3-11-28-13-17/h3,5-9,11,13,18-19,21H,2,4,10,12,14H2,1H3,(H,29,33). The fourth-order valence-corrected chi connectivity index (χ4v) is 6.36. The number of carbonyl (C=O) groups excluding carboxylic acids is 3. The maximum atomic E-state index is 13.4. The Labute approximate surface area is 211 Å². The Bertz CT molecular complexity index is 1290. The van der Waals surface area contributed by atoms with Crippen LogP contribution in [0.3, 0.4) is 0 Å². The number of alkyl halides is 3. The van der Waals surface area contributed by atoms with E-state index in [1.165, 1.54) is 29.4 Å². The summed E-state index contributed by atoms with van der Waals surface area (Å²) >= 11 is 0. The number of halogens is 3. The molecule has 0 aliphatic carbocycles. The van der Waals surface area contributed by atoms with Crippen LogP contribution in [0.1, 0.15) is 42.1 Å². The van der Waals surface area contributed by atoms with Crippen molar-refractivity contribution in [2.24, 2.45) is 0 Å². The van der Waals surface area contributed by atoms with Crippen LogP contribution in [0.5, 0.6) is 0 Å². The number of Topliss-reactive ketones (excluding diaryl/α,β-unsaturated/α-hetero) is 1. The normalized spacial score (nSPS) is 21.1. The first-order chi connectivity index (χ1) is 17.4. The van der Waals surface area contributed by atoms with Crippen molar-refractivity contribution < 1.29 is 36.0 Å². The second kappa shape index (κ2) is 10.2. The molecule has 0 spiro atoms. The zero-order valence-electron chi connectivity index (χ0n) is 19.8. The smallest absolute Gasteiger partial charge is 0.340 e. The van der Waals surface area contributed by atoms with Gasteiger partial charge in [0.25, 0.3) is 5.91 Å². The average molecular weight is 539 g/mol. The van der Waals surface area contributed by atoms with Crippen molar-refractivity contribution in [3.63, 3.8) is 0 Å². The van der Waals surface area contributed by atoms with Crippen LogP contribution < -0.4 is 5.32 Å². The predicted octanol–water partition coefficient (Wildman–Crippen LogP) is 2.24. The van der Waals surface area contributed by atoms with Crippen molar-refractivity contribution in [3.8, 4) is 0 Å². The van der Waals surface area contributed by atoms with Gasteiger partial charge in [-0.15, -0.1) is 0 Å². The maximum absolute atomic E-state index is 13.4. The van der Waals surface area contributed by atoms with Crippen molar-refractivity contribution in [1.82, 2.24) is 19.5 Å². The summed E-state index contributed by atoms with van der Waals surface area (Å²) in [5, 5.41) is 2.57. The highest BCUT2D eigenvalue weighted by atomic mass is 32.2. The van der Waals surface area contributed by atoms with E-state index in [-0.39, 0.29) is 36.4 Å². The van der Waals surface area contributed by atoms with Gasteiger partial charge in [-0.3, -0.25) is 19.4 Å². The second-order valence-corrected chi connectivity index (χ2v) is 10.8. The molecule has 0 saturated carbocycles. The summed E-state index contributed by atoms with van der Waals surface area (Å²) in [6.07, 6.45) is -0.952. The molecule has 1 aromatic heterocycles. The Morgan fingerprint density at radius 3 is 2.49 bits per heavy atom. The van der Waals surface area contributed by atoms with Crippen molar-refractivity contribution in [2.75, 3.05) is 13.1 Å². The molecule has 3 atom stereocenters. The number of pyridine rings is 1. The van der Waals surface area contributed by atoms with Gasteiger partial charge in [0.2, 0.25) is 15.9 Å². The van der Waals surface area contributed by atoms with E-state index in [4.69, 9.17) is 0 Å². The molecule has 2 fully saturated rings. The number of nitrogens with one attached hydrogen (secondary N) is 1. The summed E-state index contributed by atoms with van der Waals surface area (Å²) in [4.78, 5) is 44.1. The molecule has 3 unspecified atom stereocenters. The highest BCUT2D eigenvalue weighted by Gasteiger charge is 2.54. The predicted molar refractivity (Wildman–Crippen MR) is 125 cm³/mol. The molecule has 1 aromatic carbocycles. The van der Waals surface area contributed by atoms with Gasteiger partial charge in [0.15, 0.2) is 5.78 Å². The van der Waals surface area contributed by atoms with Gasteiger partial charge < -0.3 is 10.2 Å². The van der Waals surface area contributed by atoms with Gasteiger partial charge in [0.05, 0.1) is 18.2 Å². The third-order valence-electron chi connectivity index (χ3n) is 6.56. The summed E-state index contributed by atoms with van der Waals surface area (Å²) in [6.45, 7) is 1.53. The number of sulfonamides is 1. The topological polar surface area (TPSA) is 117 Å². The van der Waals surface area contributed by atoms with E-state index >= 15 is 0 Å². The number of nitrogens with zero attached hydrogens (tertiary/aromatic N) is 3. The first-order valence-corrected chi connectivity index (χ1v) is 13.1. The SMILES string of the molecule is CCCC(NC(=O)c1ccc(C(F)(F)F)cc1)C(=O)N1CCC2C1C(=O)CN2S(=O)(=O)c1cccnc1. The number of likely N-dealkylation sites (tertiary alicyclic amines) is 1. The number of hydrogen-bond donors (Lipinski definition) is 1. The molecular formula is C24H25F3N4O5S. The zero-order valence-corrected chi connectivity index (χ0v) is 20.6. The molecule has 198 valence electrons. The molecule has 2 aromatic rings. The number of aromatic nitrogens is 1. The van der Waals surface area contributed by atoms with Crippen LogP contribution in [0.15, 0.2) is 53.7 Å². The van der Waals surface area contributed by atoms with Gasteiger partial charge >= 0.3 is 6.18 Å². The van der Waals surface area contributed by atoms with E-state index in [9.17, 15) is 36.0 Å². The third kappa shape index (κ3) is 5.23. The minimum atomic E-state index is -4.55. The van der Waals surface area contributed by atoms with Crippen molar-refractivity contribution in [2.45, 2.75) is 55.4 Å². The van der Waals surface area contributed by atoms with Gasteiger partial charge in [-0.1, -0.05) is 13.3 Å². The molecule has 1 N–H and O–H groups in total. The quantitative estimate of drug-likeness (QED) is 0.578. The van der Waals surface area contributed by atoms with Crippen LogP contribution in [0.2, 0.25) is 0 Å². The van der Waals surface area contributed by atoms with Gasteiger partial charge in [0, 0.05) is 24.5 Å². The third-order valence-corrected chi connectivity index (χ3v) is 8.41. The molecule has 2 amide bonds. The van der Waals surface area contributed by atoms with Crippen LogP contribution in [-0.4, -0.2) is 71.4 Å². The van der Waals surface area contributed by atoms with Crippen molar-refractivity contribution in [3.05, 3.63) is 59.9 Å². The highest BCUT2D eigenvalue weighted by Crippen LogP contribution is 2.34. The van der Waals surface area contributed by atoms with Crippen LogP contribution >= 0.6 is 0 Å². The fraction of sp³-hybridized carbons (Fsp3) is 0.417. The Kier molecular flexibility index (Phi) is 7.38. The Hall–Kier alpha value is -3.32. The van der Waals surface area contributed by atoms with E-state index in [2.05, 4.69) is 10.3 Å². The molecule has 37 heavy (non-hydrogen) atoms. The minimum absolute atomic E-state index is 0.0492. The first kappa shape index (κ1) is 26.7. The van der Waals surface area contributed by atoms with Crippen molar-refractivity contribution in [1.29, 1.82) is 0 Å². The van der Waals surface area contributed by atoms with Crippen molar-refractivity contribution >= 4 is 27.6 Å². The molecule has 9 nitrogen and oxygen atoms in total. The number of hydrogen-bond acceptors (Lipinski definition) is 6. The Morgan fingerprint density at radius 1 is 1.19 bits per heavy atom. The lowest BCUT2D eigenvalue weighted by atomic mass is 10.1. The van der Waals surface area contributed by atoms with E-state index in [1.54, 1.807) is 6.92 Å². The summed E-state index contributed by atoms with van der Waals surface area (Å²) in [6, 6.07) is 3.72. The summed E-state index contributed by atoms with van der Waals surface area (Å²) in [5.41, 5.74) is -0.953. The lowest BCUT2D eigenvalue weighted by molar-refractivity contribution is -0.138. The van der Waals surface area contributed by atoms with Crippen LogP contribution in [0.4, 0.5) is 13.2 Å². The van der Waals surface area contributed by atoms with Gasteiger partial charge in [0.1, 0.15) is 17.0 Å². The van der Waals surface area contributed by atoms with Gasteiger partial charge in [-0.2, -0.15) is 17.5 Å². The van der Waals surface area contributed by atoms with Crippen LogP contribution in [0.25, 0.3) is 0 Å². The highest BCUT2D eigenvalue weighted by molar-refractivity contribution is 7.89. The number of fused-ring (bicyclic) bond motifs is 1. The molecule has 4 rings (SSSR count). The molecule has 0 bridgehead atoms. The molecule has 2 aliphatic rings. The molecular weight excluding hydrogens is 513 g/mol. The molecule has 3 heterocycles. The number of amides is 2. The number of ketones is 1. The number of benzene rings is 1. The number of carbonyl (C=O) groups is 3. The monoisotopic (exact) mass is 538 g/mol. The molecule has 2 aliphatic heterocycles. The first-order valence-electron chi connectivity index (χ1n) is 11.7. The van der Waals surface area contributed by atoms with Gasteiger partial charge in [-0.05, 0) is 49.2 Å². The lowest BCUT2D eigenvalue weighted by Crippen LogP contribution is -2.52. The minimum Gasteiger partial charge on any atom is -0.340 e. The maximum Gasteiger partial charge on any atom is 0.416 e. The fourth-order valence-electron chi connectivity index (χ4n) is 4.77. The molecule has 13 heteroatoms. The Balaban J connectivity index is 1.50. The number of rotatable bonds is 7. The van der Waals surface area contributed by atoms with Gasteiger partial charge in [-0.25, -0.2) is 8.42 Å². The van der Waals surface area contributed by atoms with E-state index < -0.39 is 57.5 Å². The zero-order chi connectivity index (χ0) is 27.0. The summed E-state index contributed by atoms with van der Waals surface area (Å²) in [5.74, 6) is -1.69. The Morgan fingerprint density at radius 2 is 1.89 bits per heavy atom. The summed E-state index contributed by atoms with van der Waals surface area (Å²) < 4.78 is 65.8. The van der Waals surface area contributed by atoms with Crippen LogP contribution in [0, 0.1) is 0 Å². The molecule has 2 saturated heterocycles. The van der Waals surface area contributed by atoms with E-state index in [1.807, 2.05) is 0 Å². The van der Waals surface area contributed by atoms with Crippen LogP contribution in [-0.2, 0) is 25.8 Å². The van der Waals surface area contributed by atoms with E-state index in [0.29, 0.717) is 6.42 Å². The van der Waals surface area contributed by atoms with E-state index in [0.717, 1.165) is 28.6 Å². The lowest BCUT2D eigenvalue weighted by Gasteiger charge is -2.28. The summed E-state index contributed by atoms with van der Waals surface area (Å²) in [7, 11) is -4.01. The average Bonchev–Trinajstić information content (AvgIpc) is 3.45. The largest absolute Gasteiger partial charge is 0.416 e. The molecule has 0 radical (unpaired) electrons.